The van der Waals surface area contributed by atoms with E-state index in [0.29, 0.717) is 10.6 Å². The molecule has 0 unspecified atom stereocenters. The quantitative estimate of drug-likeness (QED) is 0.207. The SMILES string of the molecule is COC(=O)[C@@H](NC(=O)N[C@H]([C@H](C)NC(=O)OCc1ccccc1)[C@@H](NC(=O)OC(C)(C)C)c1ccc(Cl)cc1)C(C)C. The molecule has 42 heavy (non-hydrogen) atoms. The normalized spacial score (nSPS) is 14.0. The van der Waals surface area contributed by atoms with E-state index in [9.17, 15) is 19.2 Å². The third-order valence-corrected chi connectivity index (χ3v) is 6.32. The first-order valence-electron chi connectivity index (χ1n) is 13.6. The van der Waals surface area contributed by atoms with Crippen molar-refractivity contribution in [1.29, 1.82) is 0 Å². The van der Waals surface area contributed by atoms with Crippen LogP contribution in [0.15, 0.2) is 54.6 Å². The van der Waals surface area contributed by atoms with Gasteiger partial charge in [0.25, 0.3) is 0 Å². The maximum atomic E-state index is 13.3. The smallest absolute Gasteiger partial charge is 0.408 e. The molecule has 0 saturated carbocycles. The third kappa shape index (κ3) is 11.5. The summed E-state index contributed by atoms with van der Waals surface area (Å²) in [6.07, 6.45) is -1.48. The van der Waals surface area contributed by atoms with Crippen LogP contribution in [0, 0.1) is 5.92 Å². The van der Waals surface area contributed by atoms with E-state index in [1.807, 2.05) is 30.3 Å². The van der Waals surface area contributed by atoms with Crippen molar-refractivity contribution in [2.24, 2.45) is 5.92 Å². The van der Waals surface area contributed by atoms with Crippen LogP contribution in [-0.4, -0.2) is 55.0 Å². The lowest BCUT2D eigenvalue weighted by molar-refractivity contribution is -0.144. The second kappa shape index (κ2) is 15.9. The van der Waals surface area contributed by atoms with Gasteiger partial charge in [-0.2, -0.15) is 0 Å². The molecule has 2 rings (SSSR count). The predicted octanol–water partition coefficient (Wildman–Crippen LogP) is 5.09. The summed E-state index contributed by atoms with van der Waals surface area (Å²) < 4.78 is 15.7. The van der Waals surface area contributed by atoms with Gasteiger partial charge in [0.05, 0.1) is 25.2 Å². The summed E-state index contributed by atoms with van der Waals surface area (Å²) in [4.78, 5) is 51.3. The van der Waals surface area contributed by atoms with E-state index in [4.69, 9.17) is 25.8 Å². The fourth-order valence-corrected chi connectivity index (χ4v) is 4.11. The number of ether oxygens (including phenoxy) is 3. The van der Waals surface area contributed by atoms with Gasteiger partial charge in [0, 0.05) is 5.02 Å². The molecule has 11 nitrogen and oxygen atoms in total. The molecule has 12 heteroatoms. The maximum absolute atomic E-state index is 13.3. The molecule has 0 aromatic heterocycles. The minimum Gasteiger partial charge on any atom is -0.467 e. The van der Waals surface area contributed by atoms with Crippen LogP contribution < -0.4 is 21.3 Å². The van der Waals surface area contributed by atoms with Crippen LogP contribution >= 0.6 is 11.6 Å². The molecule has 0 aliphatic heterocycles. The van der Waals surface area contributed by atoms with Crippen LogP contribution in [0.1, 0.15) is 58.7 Å². The van der Waals surface area contributed by atoms with E-state index in [2.05, 4.69) is 21.3 Å². The summed E-state index contributed by atoms with van der Waals surface area (Å²) in [5.74, 6) is -0.898. The Morgan fingerprint density at radius 1 is 0.833 bits per heavy atom. The average molecular weight is 605 g/mol. The lowest BCUT2D eigenvalue weighted by Gasteiger charge is -2.34. The Kier molecular flexibility index (Phi) is 12.9. The van der Waals surface area contributed by atoms with Gasteiger partial charge in [-0.05, 0) is 56.9 Å². The van der Waals surface area contributed by atoms with Crippen LogP contribution in [0.2, 0.25) is 5.02 Å². The van der Waals surface area contributed by atoms with Gasteiger partial charge in [-0.15, -0.1) is 0 Å². The van der Waals surface area contributed by atoms with E-state index >= 15 is 0 Å². The van der Waals surface area contributed by atoms with Gasteiger partial charge in [-0.3, -0.25) is 0 Å². The zero-order chi connectivity index (χ0) is 31.4. The lowest BCUT2D eigenvalue weighted by atomic mass is 9.94. The average Bonchev–Trinajstić information content (AvgIpc) is 2.92. The van der Waals surface area contributed by atoms with Gasteiger partial charge in [0.2, 0.25) is 0 Å². The highest BCUT2D eigenvalue weighted by Crippen LogP contribution is 2.23. The van der Waals surface area contributed by atoms with Gasteiger partial charge in [-0.1, -0.05) is 67.9 Å². The van der Waals surface area contributed by atoms with Crippen LogP contribution in [0.25, 0.3) is 0 Å². The molecule has 0 saturated heterocycles. The van der Waals surface area contributed by atoms with Crippen molar-refractivity contribution in [3.05, 3.63) is 70.7 Å². The highest BCUT2D eigenvalue weighted by atomic mass is 35.5. The summed E-state index contributed by atoms with van der Waals surface area (Å²) >= 11 is 6.11. The summed E-state index contributed by atoms with van der Waals surface area (Å²) in [5.41, 5.74) is 0.558. The van der Waals surface area contributed by atoms with Crippen molar-refractivity contribution < 1.29 is 33.4 Å². The summed E-state index contributed by atoms with van der Waals surface area (Å²) in [5, 5.41) is 11.4. The molecule has 0 fully saturated rings. The predicted molar refractivity (Wildman–Crippen MR) is 159 cm³/mol. The Bertz CT molecular complexity index is 1190. The summed E-state index contributed by atoms with van der Waals surface area (Å²) in [7, 11) is 1.23. The van der Waals surface area contributed by atoms with E-state index in [-0.39, 0.29) is 12.5 Å². The van der Waals surface area contributed by atoms with Gasteiger partial charge in [-0.25, -0.2) is 19.2 Å². The fourth-order valence-electron chi connectivity index (χ4n) is 3.98. The molecule has 0 radical (unpaired) electrons. The van der Waals surface area contributed by atoms with E-state index in [1.165, 1.54) is 7.11 Å². The number of amides is 4. The summed E-state index contributed by atoms with van der Waals surface area (Å²) in [6.45, 7) is 10.4. The van der Waals surface area contributed by atoms with Gasteiger partial charge < -0.3 is 35.5 Å². The number of methoxy groups -OCH3 is 1. The van der Waals surface area contributed by atoms with Gasteiger partial charge in [0.15, 0.2) is 0 Å². The molecular weight excluding hydrogens is 564 g/mol. The first kappa shape index (κ1) is 34.2. The van der Waals surface area contributed by atoms with Crippen molar-refractivity contribution in [3.8, 4) is 0 Å². The zero-order valence-electron chi connectivity index (χ0n) is 25.0. The second-order valence-electron chi connectivity index (χ2n) is 11.1. The highest BCUT2D eigenvalue weighted by molar-refractivity contribution is 6.30. The molecule has 4 amide bonds. The van der Waals surface area contributed by atoms with Gasteiger partial charge in [0.1, 0.15) is 18.2 Å². The molecule has 0 spiro atoms. The zero-order valence-corrected chi connectivity index (χ0v) is 25.8. The molecule has 4 N–H and O–H groups in total. The number of rotatable bonds is 11. The van der Waals surface area contributed by atoms with Crippen LogP contribution in [0.3, 0.4) is 0 Å². The number of esters is 1. The van der Waals surface area contributed by atoms with Crippen LogP contribution in [0.4, 0.5) is 14.4 Å². The second-order valence-corrected chi connectivity index (χ2v) is 11.5. The molecule has 230 valence electrons. The minimum atomic E-state index is -0.964. The molecular formula is C30H41ClN4O7. The standard InChI is InChI=1S/C30H41ClN4O7/c1-18(2)23(26(36)40-7)33-27(37)34-24(19(3)32-28(38)41-17-20-11-9-8-10-12-20)25(21-13-15-22(31)16-14-21)35-29(39)42-30(4,5)6/h8-16,18-19,23-25H,17H2,1-7H3,(H,32,38)(H,35,39)(H2,33,34,37)/t19-,23-,24+,25-/m0/s1. The molecule has 0 heterocycles. The Labute approximate surface area is 252 Å². The van der Waals surface area contributed by atoms with Crippen molar-refractivity contribution in [2.45, 2.75) is 77.9 Å². The molecule has 2 aromatic rings. The summed E-state index contributed by atoms with van der Waals surface area (Å²) in [6, 6.07) is 11.4. The number of carbonyl (C=O) groups is 4. The van der Waals surface area contributed by atoms with E-state index in [1.54, 1.807) is 65.8 Å². The highest BCUT2D eigenvalue weighted by Gasteiger charge is 2.35. The molecule has 0 aliphatic rings. The Balaban J connectivity index is 2.39. The number of benzene rings is 2. The number of halogens is 1. The molecule has 4 atom stereocenters. The first-order chi connectivity index (χ1) is 19.7. The number of carbonyl (C=O) groups excluding carboxylic acids is 4. The number of urea groups is 1. The van der Waals surface area contributed by atoms with E-state index in [0.717, 1.165) is 5.56 Å². The molecule has 2 aromatic carbocycles. The maximum Gasteiger partial charge on any atom is 0.408 e. The van der Waals surface area contributed by atoms with Crippen LogP contribution in [0.5, 0.6) is 0 Å². The van der Waals surface area contributed by atoms with Crippen LogP contribution in [-0.2, 0) is 25.6 Å². The van der Waals surface area contributed by atoms with Crippen molar-refractivity contribution >= 4 is 35.8 Å². The minimum absolute atomic E-state index is 0.0317. The Hall–Kier alpha value is -3.99. The Morgan fingerprint density at radius 3 is 2.00 bits per heavy atom. The lowest BCUT2D eigenvalue weighted by Crippen LogP contribution is -2.60. The first-order valence-corrected chi connectivity index (χ1v) is 13.9. The number of hydrogen-bond donors (Lipinski definition) is 4. The fraction of sp³-hybridized carbons (Fsp3) is 0.467. The topological polar surface area (TPSA) is 144 Å². The van der Waals surface area contributed by atoms with Crippen molar-refractivity contribution in [3.63, 3.8) is 0 Å². The monoisotopic (exact) mass is 604 g/mol. The molecule has 0 bridgehead atoms. The third-order valence-electron chi connectivity index (χ3n) is 6.06. The number of hydrogen-bond acceptors (Lipinski definition) is 7. The molecule has 0 aliphatic carbocycles. The largest absolute Gasteiger partial charge is 0.467 e. The Morgan fingerprint density at radius 2 is 1.45 bits per heavy atom. The van der Waals surface area contributed by atoms with Gasteiger partial charge >= 0.3 is 24.2 Å². The van der Waals surface area contributed by atoms with E-state index < -0.39 is 54.0 Å². The number of alkyl carbamates (subject to hydrolysis) is 2. The van der Waals surface area contributed by atoms with Crippen molar-refractivity contribution in [1.82, 2.24) is 21.3 Å². The van der Waals surface area contributed by atoms with Crippen molar-refractivity contribution in [2.75, 3.05) is 7.11 Å². The number of nitrogens with one attached hydrogen (secondary N) is 4.